The van der Waals surface area contributed by atoms with E-state index < -0.39 is 16.8 Å². The largest absolute Gasteiger partial charge is 0.494 e. The summed E-state index contributed by atoms with van der Waals surface area (Å²) < 4.78 is 57.3. The summed E-state index contributed by atoms with van der Waals surface area (Å²) in [5.41, 5.74) is -0.916. The van der Waals surface area contributed by atoms with Crippen LogP contribution in [-0.4, -0.2) is 61.6 Å². The van der Waals surface area contributed by atoms with E-state index in [0.29, 0.717) is 25.4 Å². The number of hydrogen-bond acceptors (Lipinski definition) is 4. The van der Waals surface area contributed by atoms with Gasteiger partial charge in [0.1, 0.15) is 11.6 Å². The van der Waals surface area contributed by atoms with Crippen molar-refractivity contribution in [1.82, 2.24) is 9.80 Å². The quantitative estimate of drug-likeness (QED) is 0.452. The Hall–Kier alpha value is -2.36. The summed E-state index contributed by atoms with van der Waals surface area (Å²) in [5.74, 6) is -0.0463. The van der Waals surface area contributed by atoms with E-state index in [0.717, 1.165) is 38.2 Å². The lowest BCUT2D eigenvalue weighted by molar-refractivity contribution is -0.137. The number of alkyl halides is 3. The second kappa shape index (κ2) is 11.0. The molecule has 1 aliphatic rings. The van der Waals surface area contributed by atoms with E-state index in [1.807, 2.05) is 4.90 Å². The maximum Gasteiger partial charge on any atom is 0.417 e. The fourth-order valence-electron chi connectivity index (χ4n) is 3.40. The molecule has 1 aliphatic heterocycles. The lowest BCUT2D eigenvalue weighted by atomic mass is 10.2. The number of amides is 1. The van der Waals surface area contributed by atoms with Gasteiger partial charge in [-0.05, 0) is 48.9 Å². The Balaban J connectivity index is 1.35. The van der Waals surface area contributed by atoms with E-state index in [2.05, 4.69) is 10.2 Å². The van der Waals surface area contributed by atoms with Crippen LogP contribution in [0.5, 0.6) is 5.75 Å². The topological polar surface area (TPSA) is 44.8 Å². The predicted octanol–water partition coefficient (Wildman–Crippen LogP) is 4.52. The highest BCUT2D eigenvalue weighted by Gasteiger charge is 2.33. The molecule has 0 unspecified atom stereocenters. The Labute approximate surface area is 188 Å². The monoisotopic (exact) mass is 473 g/mol. The Morgan fingerprint density at radius 2 is 1.69 bits per heavy atom. The van der Waals surface area contributed by atoms with Gasteiger partial charge >= 0.3 is 6.18 Å². The number of piperazine rings is 1. The molecule has 2 aromatic rings. The number of anilines is 1. The summed E-state index contributed by atoms with van der Waals surface area (Å²) in [7, 11) is 0. The third-order valence-corrected chi connectivity index (χ3v) is 5.42. The zero-order chi connectivity index (χ0) is 23.1. The van der Waals surface area contributed by atoms with Crippen LogP contribution < -0.4 is 10.1 Å². The molecule has 0 saturated carbocycles. The molecule has 1 heterocycles. The maximum absolute atomic E-state index is 13.0. The van der Waals surface area contributed by atoms with Gasteiger partial charge in [0.25, 0.3) is 0 Å². The molecule has 0 aromatic heterocycles. The minimum atomic E-state index is -4.59. The standard InChI is InChI=1S/C22H24ClF4N3O2/c23-20-7-4-17(14-19(20)22(25,26)27)28-21(31)15-30-11-9-29(10-12-30)8-1-13-32-18-5-2-16(24)3-6-18/h2-7,14H,1,8-13,15H2,(H,28,31). The fraction of sp³-hybridized carbons (Fsp3) is 0.409. The van der Waals surface area contributed by atoms with E-state index in [-0.39, 0.29) is 24.0 Å². The summed E-state index contributed by atoms with van der Waals surface area (Å²) in [6.07, 6.45) is -3.77. The van der Waals surface area contributed by atoms with Crippen molar-refractivity contribution < 1.29 is 27.1 Å². The van der Waals surface area contributed by atoms with Gasteiger partial charge in [0.05, 0.1) is 23.7 Å². The van der Waals surface area contributed by atoms with Crippen molar-refractivity contribution in [3.63, 3.8) is 0 Å². The van der Waals surface area contributed by atoms with Gasteiger partial charge in [-0.15, -0.1) is 0 Å². The van der Waals surface area contributed by atoms with Gasteiger partial charge in [0, 0.05) is 38.4 Å². The molecule has 1 saturated heterocycles. The van der Waals surface area contributed by atoms with E-state index in [1.54, 1.807) is 12.1 Å². The number of ether oxygens (including phenoxy) is 1. The first-order chi connectivity index (χ1) is 15.2. The zero-order valence-corrected chi connectivity index (χ0v) is 18.1. The molecule has 0 spiro atoms. The first kappa shape index (κ1) is 24.3. The van der Waals surface area contributed by atoms with Crippen LogP contribution in [0, 0.1) is 5.82 Å². The molecule has 32 heavy (non-hydrogen) atoms. The molecular weight excluding hydrogens is 450 g/mol. The van der Waals surface area contributed by atoms with Gasteiger partial charge in [0.15, 0.2) is 0 Å². The normalized spacial score (nSPS) is 15.5. The average Bonchev–Trinajstić information content (AvgIpc) is 2.74. The highest BCUT2D eigenvalue weighted by atomic mass is 35.5. The minimum absolute atomic E-state index is 0.0616. The molecule has 0 radical (unpaired) electrons. The van der Waals surface area contributed by atoms with Crippen LogP contribution in [0.4, 0.5) is 23.2 Å². The number of hydrogen-bond donors (Lipinski definition) is 1. The summed E-state index contributed by atoms with van der Waals surface area (Å²) in [6.45, 7) is 4.39. The van der Waals surface area contributed by atoms with E-state index in [4.69, 9.17) is 16.3 Å². The highest BCUT2D eigenvalue weighted by Crippen LogP contribution is 2.36. The summed E-state index contributed by atoms with van der Waals surface area (Å²) in [5, 5.41) is 2.10. The molecule has 174 valence electrons. The maximum atomic E-state index is 13.0. The molecule has 1 amide bonds. The van der Waals surface area contributed by atoms with Gasteiger partial charge in [-0.1, -0.05) is 11.6 Å². The molecule has 0 aliphatic carbocycles. The zero-order valence-electron chi connectivity index (χ0n) is 17.3. The Kier molecular flexibility index (Phi) is 8.33. The van der Waals surface area contributed by atoms with Gasteiger partial charge < -0.3 is 15.0 Å². The van der Waals surface area contributed by atoms with E-state index in [1.165, 1.54) is 18.2 Å². The first-order valence-corrected chi connectivity index (χ1v) is 10.6. The van der Waals surface area contributed by atoms with Crippen molar-refractivity contribution in [3.05, 3.63) is 58.9 Å². The van der Waals surface area contributed by atoms with Crippen molar-refractivity contribution >= 4 is 23.2 Å². The number of rotatable bonds is 8. The molecule has 1 fully saturated rings. The number of halogens is 5. The van der Waals surface area contributed by atoms with Gasteiger partial charge in [-0.2, -0.15) is 13.2 Å². The van der Waals surface area contributed by atoms with Crippen LogP contribution in [0.2, 0.25) is 5.02 Å². The number of carbonyl (C=O) groups is 1. The predicted molar refractivity (Wildman–Crippen MR) is 114 cm³/mol. The smallest absolute Gasteiger partial charge is 0.417 e. The molecule has 1 N–H and O–H groups in total. The molecule has 5 nitrogen and oxygen atoms in total. The summed E-state index contributed by atoms with van der Waals surface area (Å²) in [4.78, 5) is 16.5. The molecule has 0 bridgehead atoms. The van der Waals surface area contributed by atoms with Gasteiger partial charge in [-0.25, -0.2) is 4.39 Å². The third kappa shape index (κ3) is 7.36. The summed E-state index contributed by atoms with van der Waals surface area (Å²) in [6, 6.07) is 9.20. The first-order valence-electron chi connectivity index (χ1n) is 10.2. The number of nitrogens with zero attached hydrogens (tertiary/aromatic N) is 2. The number of carbonyl (C=O) groups excluding carboxylic acids is 1. The molecular formula is C22H24ClF4N3O2. The van der Waals surface area contributed by atoms with Crippen molar-refractivity contribution in [1.29, 1.82) is 0 Å². The van der Waals surface area contributed by atoms with Gasteiger partial charge in [0.2, 0.25) is 5.91 Å². The van der Waals surface area contributed by atoms with Crippen molar-refractivity contribution in [2.75, 3.05) is 51.2 Å². The molecule has 2 aromatic carbocycles. The Morgan fingerprint density at radius 1 is 1.03 bits per heavy atom. The number of nitrogens with one attached hydrogen (secondary N) is 1. The molecule has 0 atom stereocenters. The molecule has 3 rings (SSSR count). The van der Waals surface area contributed by atoms with Crippen molar-refractivity contribution in [2.24, 2.45) is 0 Å². The van der Waals surface area contributed by atoms with E-state index >= 15 is 0 Å². The Morgan fingerprint density at radius 3 is 2.34 bits per heavy atom. The third-order valence-electron chi connectivity index (χ3n) is 5.09. The SMILES string of the molecule is O=C(CN1CCN(CCCOc2ccc(F)cc2)CC1)Nc1ccc(Cl)c(C(F)(F)F)c1. The fourth-order valence-corrected chi connectivity index (χ4v) is 3.63. The van der Waals surface area contributed by atoms with Crippen LogP contribution in [0.3, 0.4) is 0 Å². The number of benzene rings is 2. The highest BCUT2D eigenvalue weighted by molar-refractivity contribution is 6.31. The Bertz CT molecular complexity index is 901. The van der Waals surface area contributed by atoms with Crippen LogP contribution in [-0.2, 0) is 11.0 Å². The minimum Gasteiger partial charge on any atom is -0.494 e. The van der Waals surface area contributed by atoms with Crippen LogP contribution in [0.1, 0.15) is 12.0 Å². The van der Waals surface area contributed by atoms with Crippen LogP contribution in [0.25, 0.3) is 0 Å². The van der Waals surface area contributed by atoms with Crippen molar-refractivity contribution in [3.8, 4) is 5.75 Å². The van der Waals surface area contributed by atoms with Crippen LogP contribution >= 0.6 is 11.6 Å². The summed E-state index contributed by atoms with van der Waals surface area (Å²) >= 11 is 5.60. The van der Waals surface area contributed by atoms with Gasteiger partial charge in [-0.3, -0.25) is 9.69 Å². The molecule has 10 heteroatoms. The van der Waals surface area contributed by atoms with Crippen molar-refractivity contribution in [2.45, 2.75) is 12.6 Å². The van der Waals surface area contributed by atoms with Crippen LogP contribution in [0.15, 0.2) is 42.5 Å². The lowest BCUT2D eigenvalue weighted by Gasteiger charge is -2.34. The average molecular weight is 474 g/mol. The lowest BCUT2D eigenvalue weighted by Crippen LogP contribution is -2.48. The van der Waals surface area contributed by atoms with E-state index in [9.17, 15) is 22.4 Å². The second-order valence-corrected chi connectivity index (χ2v) is 7.92. The second-order valence-electron chi connectivity index (χ2n) is 7.51.